The van der Waals surface area contributed by atoms with Gasteiger partial charge in [0.25, 0.3) is 11.4 Å². The number of nitrogens with zero attached hydrogens (tertiary/aromatic N) is 2. The van der Waals surface area contributed by atoms with Crippen molar-refractivity contribution in [1.29, 1.82) is 0 Å². The first-order valence-electron chi connectivity index (χ1n) is 9.80. The number of benzene rings is 2. The number of nitro benzene ring substituents is 2. The van der Waals surface area contributed by atoms with Crippen LogP contribution in [-0.2, 0) is 25.5 Å². The van der Waals surface area contributed by atoms with Crippen molar-refractivity contribution in [3.63, 3.8) is 0 Å². The molecule has 1 atom stereocenters. The highest BCUT2D eigenvalue weighted by Crippen LogP contribution is 2.26. The lowest BCUT2D eigenvalue weighted by molar-refractivity contribution is -0.394. The van der Waals surface area contributed by atoms with Crippen LogP contribution in [0.25, 0.3) is 0 Å². The van der Waals surface area contributed by atoms with E-state index in [2.05, 4.69) is 14.8 Å². The van der Waals surface area contributed by atoms with Crippen LogP contribution in [0.5, 0.6) is 0 Å². The lowest BCUT2D eigenvalue weighted by Crippen LogP contribution is -2.36. The number of methoxy groups -OCH3 is 2. The van der Waals surface area contributed by atoms with Crippen LogP contribution < -0.4 is 5.32 Å². The summed E-state index contributed by atoms with van der Waals surface area (Å²) in [4.78, 5) is 57.7. The standard InChI is InChI=1S/C22H21N3O9/c1-33-21(27)13-18(22(28)34-2)23-16(11-20(26)14-6-4-3-5-7-14)10-15-8-9-17(24(29)30)12-19(15)25(31)32/h3-9,12-13,16,23H,10-11H2,1-2H3/b18-13-. The number of nitro groups is 2. The number of hydrogen-bond acceptors (Lipinski definition) is 10. The maximum absolute atomic E-state index is 12.8. The number of ether oxygens (including phenoxy) is 2. The molecule has 0 aliphatic carbocycles. The summed E-state index contributed by atoms with van der Waals surface area (Å²) in [6, 6.07) is 10.4. The molecule has 12 nitrogen and oxygen atoms in total. The van der Waals surface area contributed by atoms with Gasteiger partial charge in [0.15, 0.2) is 5.78 Å². The molecule has 12 heteroatoms. The molecule has 0 amide bonds. The van der Waals surface area contributed by atoms with E-state index in [0.717, 1.165) is 32.4 Å². The van der Waals surface area contributed by atoms with E-state index < -0.39 is 39.2 Å². The molecule has 0 saturated heterocycles. The van der Waals surface area contributed by atoms with E-state index in [1.807, 2.05) is 0 Å². The number of carbonyl (C=O) groups excluding carboxylic acids is 3. The quantitative estimate of drug-likeness (QED) is 0.169. The fraction of sp³-hybridized carbons (Fsp3) is 0.227. The Hall–Kier alpha value is -4.61. The smallest absolute Gasteiger partial charge is 0.354 e. The first-order valence-corrected chi connectivity index (χ1v) is 9.80. The average Bonchev–Trinajstić information content (AvgIpc) is 2.83. The third kappa shape index (κ3) is 6.95. The third-order valence-corrected chi connectivity index (χ3v) is 4.70. The Balaban J connectivity index is 2.46. The maximum atomic E-state index is 12.8. The summed E-state index contributed by atoms with van der Waals surface area (Å²) in [5.41, 5.74) is -0.879. The molecule has 0 fully saturated rings. The average molecular weight is 471 g/mol. The van der Waals surface area contributed by atoms with E-state index in [0.29, 0.717) is 5.56 Å². The Morgan fingerprint density at radius 2 is 1.68 bits per heavy atom. The molecule has 2 aromatic rings. The molecule has 0 bridgehead atoms. The van der Waals surface area contributed by atoms with Crippen LogP contribution in [-0.4, -0.2) is 47.8 Å². The van der Waals surface area contributed by atoms with Gasteiger partial charge >= 0.3 is 11.9 Å². The fourth-order valence-electron chi connectivity index (χ4n) is 3.08. The van der Waals surface area contributed by atoms with Gasteiger partial charge in [0.05, 0.1) is 36.2 Å². The van der Waals surface area contributed by atoms with Crippen LogP contribution in [0, 0.1) is 20.2 Å². The Bertz CT molecular complexity index is 1130. The topological polar surface area (TPSA) is 168 Å². The van der Waals surface area contributed by atoms with Gasteiger partial charge in [-0.3, -0.25) is 25.0 Å². The lowest BCUT2D eigenvalue weighted by Gasteiger charge is -2.20. The maximum Gasteiger partial charge on any atom is 0.354 e. The number of hydrogen-bond donors (Lipinski definition) is 1. The molecule has 0 aliphatic heterocycles. The Morgan fingerprint density at radius 3 is 2.24 bits per heavy atom. The zero-order valence-electron chi connectivity index (χ0n) is 18.3. The first-order chi connectivity index (χ1) is 16.2. The number of ketones is 1. The number of nitrogens with one attached hydrogen (secondary N) is 1. The molecule has 0 heterocycles. The van der Waals surface area contributed by atoms with Crippen LogP contribution in [0.2, 0.25) is 0 Å². The second-order valence-electron chi connectivity index (χ2n) is 6.94. The molecule has 0 radical (unpaired) electrons. The minimum Gasteiger partial charge on any atom is -0.466 e. The van der Waals surface area contributed by atoms with E-state index in [1.54, 1.807) is 30.3 Å². The Kier molecular flexibility index (Phi) is 8.94. The molecule has 34 heavy (non-hydrogen) atoms. The van der Waals surface area contributed by atoms with Gasteiger partial charge in [0.2, 0.25) is 0 Å². The molecule has 0 saturated carbocycles. The van der Waals surface area contributed by atoms with Gasteiger partial charge in [0.1, 0.15) is 5.70 Å². The van der Waals surface area contributed by atoms with Gasteiger partial charge in [-0.25, -0.2) is 9.59 Å². The fourth-order valence-corrected chi connectivity index (χ4v) is 3.08. The molecule has 0 spiro atoms. The van der Waals surface area contributed by atoms with Crippen molar-refractivity contribution < 1.29 is 33.7 Å². The molecule has 178 valence electrons. The summed E-state index contributed by atoms with van der Waals surface area (Å²) in [5.74, 6) is -2.15. The summed E-state index contributed by atoms with van der Waals surface area (Å²) in [6.07, 6.45) is 0.423. The summed E-state index contributed by atoms with van der Waals surface area (Å²) >= 11 is 0. The van der Waals surface area contributed by atoms with Gasteiger partial charge in [-0.2, -0.15) is 0 Å². The van der Waals surface area contributed by atoms with Gasteiger partial charge < -0.3 is 14.8 Å². The van der Waals surface area contributed by atoms with E-state index in [4.69, 9.17) is 0 Å². The van der Waals surface area contributed by atoms with Crippen molar-refractivity contribution in [2.45, 2.75) is 18.9 Å². The summed E-state index contributed by atoms with van der Waals surface area (Å²) in [5, 5.41) is 25.3. The highest BCUT2D eigenvalue weighted by molar-refractivity contribution is 5.97. The van der Waals surface area contributed by atoms with E-state index >= 15 is 0 Å². The minimum absolute atomic E-state index is 0.0799. The summed E-state index contributed by atoms with van der Waals surface area (Å²) in [7, 11) is 2.19. The predicted octanol–water partition coefficient (Wildman–Crippen LogP) is 2.51. The van der Waals surface area contributed by atoms with E-state index in [1.165, 1.54) is 6.07 Å². The van der Waals surface area contributed by atoms with E-state index in [9.17, 15) is 34.6 Å². The van der Waals surface area contributed by atoms with Crippen LogP contribution in [0.4, 0.5) is 11.4 Å². The monoisotopic (exact) mass is 471 g/mol. The van der Waals surface area contributed by atoms with Crippen LogP contribution in [0.1, 0.15) is 22.3 Å². The highest BCUT2D eigenvalue weighted by Gasteiger charge is 2.26. The van der Waals surface area contributed by atoms with E-state index in [-0.39, 0.29) is 29.9 Å². The van der Waals surface area contributed by atoms with Gasteiger partial charge in [0, 0.05) is 29.7 Å². The zero-order chi connectivity index (χ0) is 25.3. The lowest BCUT2D eigenvalue weighted by atomic mass is 9.96. The molecule has 0 aromatic heterocycles. The highest BCUT2D eigenvalue weighted by atomic mass is 16.6. The van der Waals surface area contributed by atoms with Crippen molar-refractivity contribution >= 4 is 29.1 Å². The largest absolute Gasteiger partial charge is 0.466 e. The van der Waals surface area contributed by atoms with Crippen molar-refractivity contribution in [3.8, 4) is 0 Å². The van der Waals surface area contributed by atoms with Crippen molar-refractivity contribution in [1.82, 2.24) is 5.32 Å². The molecule has 0 aliphatic rings. The van der Waals surface area contributed by atoms with Crippen LogP contribution >= 0.6 is 0 Å². The molecule has 2 rings (SSSR count). The van der Waals surface area contributed by atoms with Gasteiger partial charge in [-0.05, 0) is 12.5 Å². The number of non-ortho nitro benzene ring substituents is 1. The molecule has 1 unspecified atom stereocenters. The molecule has 2 aromatic carbocycles. The second-order valence-corrected chi connectivity index (χ2v) is 6.94. The number of Topliss-reactive ketones (excluding diaryl/α,β-unsaturated/α-hetero) is 1. The third-order valence-electron chi connectivity index (χ3n) is 4.70. The molecule has 1 N–H and O–H groups in total. The van der Waals surface area contributed by atoms with Gasteiger partial charge in [-0.15, -0.1) is 0 Å². The van der Waals surface area contributed by atoms with Crippen LogP contribution in [0.3, 0.4) is 0 Å². The predicted molar refractivity (Wildman–Crippen MR) is 118 cm³/mol. The van der Waals surface area contributed by atoms with Crippen molar-refractivity contribution in [2.24, 2.45) is 0 Å². The Labute approximate surface area is 193 Å². The normalized spacial score (nSPS) is 11.8. The minimum atomic E-state index is -0.930. The van der Waals surface area contributed by atoms with Gasteiger partial charge in [-0.1, -0.05) is 30.3 Å². The first kappa shape index (κ1) is 25.6. The zero-order valence-corrected chi connectivity index (χ0v) is 18.3. The molecular weight excluding hydrogens is 450 g/mol. The number of carbonyl (C=O) groups is 3. The van der Waals surface area contributed by atoms with Crippen molar-refractivity contribution in [2.75, 3.05) is 14.2 Å². The number of esters is 2. The summed E-state index contributed by atoms with van der Waals surface area (Å²) < 4.78 is 9.19. The Morgan fingerprint density at radius 1 is 1.00 bits per heavy atom. The van der Waals surface area contributed by atoms with Crippen molar-refractivity contribution in [3.05, 3.63) is 91.7 Å². The summed E-state index contributed by atoms with van der Waals surface area (Å²) in [6.45, 7) is 0. The second kappa shape index (κ2) is 11.9. The SMILES string of the molecule is COC(=O)/C=C(\NC(CC(=O)c1ccccc1)Cc1ccc([N+](=O)[O-])cc1[N+](=O)[O-])C(=O)OC. The molecular formula is C22H21N3O9. The number of rotatable bonds is 11. The van der Waals surface area contributed by atoms with Crippen LogP contribution in [0.15, 0.2) is 60.3 Å².